The fourth-order valence-corrected chi connectivity index (χ4v) is 3.55. The van der Waals surface area contributed by atoms with Gasteiger partial charge in [-0.3, -0.25) is 4.79 Å². The van der Waals surface area contributed by atoms with Gasteiger partial charge >= 0.3 is 5.97 Å². The summed E-state index contributed by atoms with van der Waals surface area (Å²) in [5, 5.41) is 2.71. The summed E-state index contributed by atoms with van der Waals surface area (Å²) in [6.45, 7) is 1.95. The van der Waals surface area contributed by atoms with E-state index in [9.17, 15) is 18.0 Å². The van der Waals surface area contributed by atoms with Crippen LogP contribution >= 0.6 is 0 Å². The molecule has 0 saturated heterocycles. The molecule has 0 aliphatic carbocycles. The SMILES string of the molecule is CC[C@@H](OC(=O)C1=CN2CCS(=O)(=O)N=C2C=C1)C(=O)Nc1ccccc1. The van der Waals surface area contributed by atoms with Crippen LogP contribution < -0.4 is 5.32 Å². The third-order valence-electron chi connectivity index (χ3n) is 4.01. The molecule has 1 atom stereocenters. The van der Waals surface area contributed by atoms with E-state index in [1.807, 2.05) is 6.07 Å². The van der Waals surface area contributed by atoms with Gasteiger partial charge in [-0.15, -0.1) is 4.40 Å². The maximum absolute atomic E-state index is 12.4. The smallest absolute Gasteiger partial charge is 0.340 e. The Kier molecular flexibility index (Phi) is 5.41. The molecule has 1 aromatic carbocycles. The van der Waals surface area contributed by atoms with Crippen LogP contribution in [-0.2, 0) is 24.3 Å². The third-order valence-corrected chi connectivity index (χ3v) is 5.18. The molecule has 0 unspecified atom stereocenters. The molecule has 0 fully saturated rings. The first-order valence-electron chi connectivity index (χ1n) is 8.44. The molecule has 2 aliphatic heterocycles. The number of anilines is 1. The van der Waals surface area contributed by atoms with Crippen molar-refractivity contribution in [3.63, 3.8) is 0 Å². The van der Waals surface area contributed by atoms with Gasteiger partial charge in [0, 0.05) is 18.4 Å². The molecule has 1 aromatic rings. The molecule has 1 N–H and O–H groups in total. The van der Waals surface area contributed by atoms with Crippen molar-refractivity contribution in [2.45, 2.75) is 19.4 Å². The molecule has 2 aliphatic rings. The maximum atomic E-state index is 12.4. The van der Waals surface area contributed by atoms with E-state index in [2.05, 4.69) is 9.71 Å². The van der Waals surface area contributed by atoms with Gasteiger partial charge in [-0.2, -0.15) is 0 Å². The van der Waals surface area contributed by atoms with Gasteiger partial charge in [0.05, 0.1) is 11.3 Å². The van der Waals surface area contributed by atoms with Gasteiger partial charge in [0.25, 0.3) is 15.9 Å². The summed E-state index contributed by atoms with van der Waals surface area (Å²) in [5.41, 5.74) is 0.836. The number of amidine groups is 1. The lowest BCUT2D eigenvalue weighted by Crippen LogP contribution is -2.38. The molecule has 142 valence electrons. The second kappa shape index (κ2) is 7.75. The fraction of sp³-hybridized carbons (Fsp3) is 0.278. The highest BCUT2D eigenvalue weighted by molar-refractivity contribution is 7.90. The number of esters is 1. The van der Waals surface area contributed by atoms with Gasteiger partial charge in [0.1, 0.15) is 5.84 Å². The minimum Gasteiger partial charge on any atom is -0.449 e. The van der Waals surface area contributed by atoms with Crippen LogP contribution in [0, 0.1) is 0 Å². The number of nitrogens with one attached hydrogen (secondary N) is 1. The van der Waals surface area contributed by atoms with E-state index in [-0.39, 0.29) is 23.7 Å². The average Bonchev–Trinajstić information content (AvgIpc) is 2.65. The van der Waals surface area contributed by atoms with Crippen molar-refractivity contribution in [1.29, 1.82) is 0 Å². The van der Waals surface area contributed by atoms with Crippen molar-refractivity contribution < 1.29 is 22.7 Å². The number of nitrogens with zero attached hydrogens (tertiary/aromatic N) is 2. The largest absolute Gasteiger partial charge is 0.449 e. The van der Waals surface area contributed by atoms with Crippen LogP contribution in [0.15, 0.2) is 58.7 Å². The number of carbonyl (C=O) groups is 2. The number of hydrogen-bond acceptors (Lipinski definition) is 6. The Labute approximate surface area is 157 Å². The van der Waals surface area contributed by atoms with Gasteiger partial charge < -0.3 is 15.0 Å². The van der Waals surface area contributed by atoms with Crippen LogP contribution in [0.3, 0.4) is 0 Å². The molecular weight excluding hydrogens is 370 g/mol. The maximum Gasteiger partial charge on any atom is 0.340 e. The number of ether oxygens (including phenoxy) is 1. The topological polar surface area (TPSA) is 105 Å². The van der Waals surface area contributed by atoms with Crippen LogP contribution in [0.2, 0.25) is 0 Å². The number of para-hydroxylation sites is 1. The number of amides is 1. The van der Waals surface area contributed by atoms with Crippen molar-refractivity contribution in [2.75, 3.05) is 17.6 Å². The Morgan fingerprint density at radius 2 is 2.00 bits per heavy atom. The summed E-state index contributed by atoms with van der Waals surface area (Å²) in [7, 11) is -3.46. The van der Waals surface area contributed by atoms with E-state index < -0.39 is 28.0 Å². The molecule has 8 nitrogen and oxygen atoms in total. The molecule has 27 heavy (non-hydrogen) atoms. The predicted octanol–water partition coefficient (Wildman–Crippen LogP) is 1.44. The van der Waals surface area contributed by atoms with E-state index in [1.165, 1.54) is 18.4 Å². The Bertz CT molecular complexity index is 935. The summed E-state index contributed by atoms with van der Waals surface area (Å²) < 4.78 is 32.0. The molecule has 3 rings (SSSR count). The minimum atomic E-state index is -3.46. The summed E-state index contributed by atoms with van der Waals surface area (Å²) in [5.74, 6) is -0.940. The lowest BCUT2D eigenvalue weighted by Gasteiger charge is -2.27. The second-order valence-electron chi connectivity index (χ2n) is 6.00. The van der Waals surface area contributed by atoms with Crippen LogP contribution in [0.4, 0.5) is 5.69 Å². The summed E-state index contributed by atoms with van der Waals surface area (Å²) in [6.07, 6.45) is 3.73. The zero-order valence-electron chi connectivity index (χ0n) is 14.7. The first kappa shape index (κ1) is 18.8. The first-order chi connectivity index (χ1) is 12.9. The van der Waals surface area contributed by atoms with E-state index >= 15 is 0 Å². The Morgan fingerprint density at radius 1 is 1.26 bits per heavy atom. The van der Waals surface area contributed by atoms with Gasteiger partial charge in [-0.1, -0.05) is 25.1 Å². The normalized spacial score (nSPS) is 18.6. The molecule has 0 saturated carbocycles. The van der Waals surface area contributed by atoms with Gasteiger partial charge in [-0.05, 0) is 30.7 Å². The Morgan fingerprint density at radius 3 is 2.70 bits per heavy atom. The van der Waals surface area contributed by atoms with Gasteiger partial charge in [0.15, 0.2) is 6.10 Å². The number of benzene rings is 1. The van der Waals surface area contributed by atoms with Crippen LogP contribution in [0.1, 0.15) is 13.3 Å². The summed E-state index contributed by atoms with van der Waals surface area (Å²) in [4.78, 5) is 26.3. The average molecular weight is 389 g/mol. The van der Waals surface area contributed by atoms with Crippen LogP contribution in [0.5, 0.6) is 0 Å². The van der Waals surface area contributed by atoms with E-state index in [1.54, 1.807) is 36.1 Å². The van der Waals surface area contributed by atoms with Gasteiger partial charge in [0.2, 0.25) is 0 Å². The summed E-state index contributed by atoms with van der Waals surface area (Å²) >= 11 is 0. The molecule has 0 bridgehead atoms. The number of fused-ring (bicyclic) bond motifs is 1. The Balaban J connectivity index is 1.66. The molecule has 2 heterocycles. The van der Waals surface area contributed by atoms with Gasteiger partial charge in [-0.25, -0.2) is 13.2 Å². The standard InChI is InChI=1S/C18H19N3O5S/c1-2-15(17(22)19-14-6-4-3-5-7-14)26-18(23)13-8-9-16-20-27(24,25)11-10-21(16)12-13/h3-9,12,15H,2,10-11H2,1H3,(H,19,22)/t15-/m1/s1. The molecule has 1 amide bonds. The number of rotatable bonds is 5. The number of hydrogen-bond donors (Lipinski definition) is 1. The third kappa shape index (κ3) is 4.62. The van der Waals surface area contributed by atoms with Crippen LogP contribution in [-0.4, -0.2) is 49.4 Å². The highest BCUT2D eigenvalue weighted by Crippen LogP contribution is 2.18. The second-order valence-corrected chi connectivity index (χ2v) is 7.76. The molecule has 0 aromatic heterocycles. The zero-order valence-corrected chi connectivity index (χ0v) is 15.5. The molecule has 0 spiro atoms. The number of sulfonamides is 1. The van der Waals surface area contributed by atoms with E-state index in [0.717, 1.165) is 0 Å². The van der Waals surface area contributed by atoms with Crippen molar-refractivity contribution in [2.24, 2.45) is 4.40 Å². The minimum absolute atomic E-state index is 0.125. The van der Waals surface area contributed by atoms with Crippen molar-refractivity contribution in [3.05, 3.63) is 54.3 Å². The first-order valence-corrected chi connectivity index (χ1v) is 10.0. The monoisotopic (exact) mass is 389 g/mol. The van der Waals surface area contributed by atoms with Crippen molar-refractivity contribution in [1.82, 2.24) is 4.90 Å². The fourth-order valence-electron chi connectivity index (χ4n) is 2.59. The van der Waals surface area contributed by atoms with Crippen molar-refractivity contribution in [3.8, 4) is 0 Å². The molecule has 9 heteroatoms. The zero-order chi connectivity index (χ0) is 19.4. The summed E-state index contributed by atoms with van der Waals surface area (Å²) in [6, 6.07) is 8.89. The van der Waals surface area contributed by atoms with E-state index in [0.29, 0.717) is 12.1 Å². The lowest BCUT2D eigenvalue weighted by atomic mass is 10.2. The number of carbonyl (C=O) groups excluding carboxylic acids is 2. The van der Waals surface area contributed by atoms with Crippen LogP contribution in [0.25, 0.3) is 0 Å². The quantitative estimate of drug-likeness (QED) is 0.764. The Hall–Kier alpha value is -2.94. The van der Waals surface area contributed by atoms with E-state index in [4.69, 9.17) is 4.74 Å². The van der Waals surface area contributed by atoms with Crippen molar-refractivity contribution >= 4 is 33.4 Å². The molecular formula is C18H19N3O5S. The molecule has 0 radical (unpaired) electrons. The lowest BCUT2D eigenvalue weighted by molar-refractivity contribution is -0.150. The highest BCUT2D eigenvalue weighted by Gasteiger charge is 2.27. The highest BCUT2D eigenvalue weighted by atomic mass is 32.2. The predicted molar refractivity (Wildman–Crippen MR) is 100 cm³/mol.